The van der Waals surface area contributed by atoms with Crippen LogP contribution in [0.3, 0.4) is 0 Å². The number of nitrogens with zero attached hydrogens (tertiary/aromatic N) is 3. The van der Waals surface area contributed by atoms with Crippen LogP contribution in [0.25, 0.3) is 0 Å². The molecule has 0 saturated carbocycles. The Kier molecular flexibility index (Phi) is 3.99. The third kappa shape index (κ3) is 2.90. The van der Waals surface area contributed by atoms with Crippen LogP contribution >= 0.6 is 0 Å². The van der Waals surface area contributed by atoms with E-state index in [2.05, 4.69) is 11.1 Å². The van der Waals surface area contributed by atoms with Crippen molar-refractivity contribution in [2.24, 2.45) is 0 Å². The van der Waals surface area contributed by atoms with Crippen LogP contribution in [0, 0.1) is 11.3 Å². The van der Waals surface area contributed by atoms with Gasteiger partial charge < -0.3 is 9.67 Å². The van der Waals surface area contributed by atoms with Gasteiger partial charge in [0.2, 0.25) is 0 Å². The van der Waals surface area contributed by atoms with Crippen molar-refractivity contribution in [3.63, 3.8) is 0 Å². The van der Waals surface area contributed by atoms with Crippen molar-refractivity contribution in [1.29, 1.82) is 5.26 Å². The quantitative estimate of drug-likeness (QED) is 0.803. The van der Waals surface area contributed by atoms with Crippen molar-refractivity contribution in [2.75, 3.05) is 0 Å². The first kappa shape index (κ1) is 14.1. The molecule has 1 atom stereocenters. The minimum Gasteiger partial charge on any atom is -0.380 e. The summed E-state index contributed by atoms with van der Waals surface area (Å²) in [7, 11) is 0. The van der Waals surface area contributed by atoms with E-state index in [0.29, 0.717) is 17.9 Å². The van der Waals surface area contributed by atoms with E-state index in [-0.39, 0.29) is 0 Å². The summed E-state index contributed by atoms with van der Waals surface area (Å²) in [6.45, 7) is 0.602. The average Bonchev–Trinajstić information content (AvgIpc) is 3.04. The molecule has 0 aliphatic carbocycles. The molecule has 0 fully saturated rings. The summed E-state index contributed by atoms with van der Waals surface area (Å²) in [4.78, 5) is 4.28. The third-order valence-corrected chi connectivity index (χ3v) is 3.54. The van der Waals surface area contributed by atoms with Gasteiger partial charge in [0.25, 0.3) is 0 Å². The zero-order valence-electron chi connectivity index (χ0n) is 11.9. The fourth-order valence-corrected chi connectivity index (χ4v) is 2.37. The maximum atomic E-state index is 10.5. The molecule has 4 heteroatoms. The third-order valence-electron chi connectivity index (χ3n) is 3.54. The predicted molar refractivity (Wildman–Crippen MR) is 83.0 cm³/mol. The van der Waals surface area contributed by atoms with Crippen LogP contribution in [0.4, 0.5) is 0 Å². The number of rotatable bonds is 4. The molecule has 0 aliphatic rings. The first-order chi connectivity index (χ1) is 10.8. The molecule has 0 aliphatic heterocycles. The van der Waals surface area contributed by atoms with Crippen LogP contribution in [0.2, 0.25) is 0 Å². The number of aliphatic hydroxyl groups excluding tert-OH is 1. The van der Waals surface area contributed by atoms with Gasteiger partial charge in [0.05, 0.1) is 11.6 Å². The Morgan fingerprint density at radius 3 is 2.50 bits per heavy atom. The topological polar surface area (TPSA) is 61.8 Å². The number of benzene rings is 2. The SMILES string of the molecule is N#Cc1ccc(Cn2ccnc2[C@@H](O)c2ccccc2)cc1. The highest BCUT2D eigenvalue weighted by Crippen LogP contribution is 2.21. The van der Waals surface area contributed by atoms with E-state index in [1.165, 1.54) is 0 Å². The largest absolute Gasteiger partial charge is 0.380 e. The number of imidazole rings is 1. The van der Waals surface area contributed by atoms with E-state index in [4.69, 9.17) is 5.26 Å². The summed E-state index contributed by atoms with van der Waals surface area (Å²) < 4.78 is 1.92. The molecule has 0 amide bonds. The van der Waals surface area contributed by atoms with Crippen LogP contribution in [-0.2, 0) is 6.54 Å². The number of hydrogen-bond acceptors (Lipinski definition) is 3. The fourth-order valence-electron chi connectivity index (χ4n) is 2.37. The highest BCUT2D eigenvalue weighted by molar-refractivity contribution is 5.32. The van der Waals surface area contributed by atoms with Gasteiger partial charge in [-0.1, -0.05) is 42.5 Å². The summed E-state index contributed by atoms with van der Waals surface area (Å²) in [5.74, 6) is 0.607. The molecule has 0 spiro atoms. The predicted octanol–water partition coefficient (Wildman–Crippen LogP) is 2.88. The van der Waals surface area contributed by atoms with Gasteiger partial charge >= 0.3 is 0 Å². The maximum absolute atomic E-state index is 10.5. The second-order valence-corrected chi connectivity index (χ2v) is 5.04. The summed E-state index contributed by atoms with van der Waals surface area (Å²) >= 11 is 0. The zero-order chi connectivity index (χ0) is 15.4. The van der Waals surface area contributed by atoms with Gasteiger partial charge in [-0.3, -0.25) is 0 Å². The summed E-state index contributed by atoms with van der Waals surface area (Å²) in [5, 5.41) is 19.3. The van der Waals surface area contributed by atoms with Gasteiger partial charge in [-0.15, -0.1) is 0 Å². The van der Waals surface area contributed by atoms with Crippen LogP contribution in [0.5, 0.6) is 0 Å². The Morgan fingerprint density at radius 1 is 1.09 bits per heavy atom. The highest BCUT2D eigenvalue weighted by Gasteiger charge is 2.15. The van der Waals surface area contributed by atoms with Crippen molar-refractivity contribution in [2.45, 2.75) is 12.6 Å². The second kappa shape index (κ2) is 6.25. The standard InChI is InChI=1S/C18H15N3O/c19-12-14-6-8-15(9-7-14)13-21-11-10-20-18(21)17(22)16-4-2-1-3-5-16/h1-11,17,22H,13H2/t17-/m0/s1. The summed E-state index contributed by atoms with van der Waals surface area (Å²) in [6.07, 6.45) is 2.78. The molecule has 4 nitrogen and oxygen atoms in total. The number of hydrogen-bond donors (Lipinski definition) is 1. The smallest absolute Gasteiger partial charge is 0.142 e. The van der Waals surface area contributed by atoms with E-state index >= 15 is 0 Å². The van der Waals surface area contributed by atoms with Crippen molar-refractivity contribution in [1.82, 2.24) is 9.55 Å². The Balaban J connectivity index is 1.84. The lowest BCUT2D eigenvalue weighted by Gasteiger charge is -2.13. The lowest BCUT2D eigenvalue weighted by atomic mass is 10.1. The molecule has 108 valence electrons. The zero-order valence-corrected chi connectivity index (χ0v) is 11.9. The fraction of sp³-hybridized carbons (Fsp3) is 0.111. The van der Waals surface area contributed by atoms with Crippen molar-refractivity contribution < 1.29 is 5.11 Å². The Morgan fingerprint density at radius 2 is 1.82 bits per heavy atom. The van der Waals surface area contributed by atoms with E-state index in [0.717, 1.165) is 11.1 Å². The van der Waals surface area contributed by atoms with Crippen LogP contribution in [-0.4, -0.2) is 14.7 Å². The van der Waals surface area contributed by atoms with Gasteiger partial charge in [-0.05, 0) is 23.3 Å². The molecule has 1 aromatic heterocycles. The normalized spacial score (nSPS) is 11.8. The van der Waals surface area contributed by atoms with Gasteiger partial charge in [0, 0.05) is 18.9 Å². The van der Waals surface area contributed by atoms with E-state index < -0.39 is 6.10 Å². The molecule has 0 saturated heterocycles. The molecule has 0 bridgehead atoms. The van der Waals surface area contributed by atoms with Crippen LogP contribution in [0.1, 0.15) is 28.6 Å². The number of aliphatic hydroxyl groups is 1. The first-order valence-electron chi connectivity index (χ1n) is 7.01. The Labute approximate surface area is 128 Å². The minimum atomic E-state index is -0.755. The highest BCUT2D eigenvalue weighted by atomic mass is 16.3. The Bertz CT molecular complexity index is 785. The van der Waals surface area contributed by atoms with Gasteiger partial charge in [0.1, 0.15) is 11.9 Å². The summed E-state index contributed by atoms with van der Waals surface area (Å²) in [6, 6.07) is 19.0. The van der Waals surface area contributed by atoms with Crippen molar-refractivity contribution >= 4 is 0 Å². The first-order valence-corrected chi connectivity index (χ1v) is 7.01. The lowest BCUT2D eigenvalue weighted by Crippen LogP contribution is -2.10. The molecule has 22 heavy (non-hydrogen) atoms. The molecule has 3 aromatic rings. The van der Waals surface area contributed by atoms with E-state index in [1.54, 1.807) is 18.3 Å². The van der Waals surface area contributed by atoms with Crippen LogP contribution in [0.15, 0.2) is 67.0 Å². The monoisotopic (exact) mass is 289 g/mol. The van der Waals surface area contributed by atoms with E-state index in [9.17, 15) is 5.11 Å². The number of aromatic nitrogens is 2. The molecule has 3 rings (SSSR count). The second-order valence-electron chi connectivity index (χ2n) is 5.04. The number of nitriles is 1. The molecular formula is C18H15N3O. The molecule has 0 radical (unpaired) electrons. The lowest BCUT2D eigenvalue weighted by molar-refractivity contribution is 0.205. The van der Waals surface area contributed by atoms with Gasteiger partial charge in [-0.25, -0.2) is 4.98 Å². The summed E-state index contributed by atoms with van der Waals surface area (Å²) in [5.41, 5.74) is 2.51. The molecule has 1 N–H and O–H groups in total. The van der Waals surface area contributed by atoms with Gasteiger partial charge in [0.15, 0.2) is 0 Å². The average molecular weight is 289 g/mol. The Hall–Kier alpha value is -2.90. The molecule has 2 aromatic carbocycles. The van der Waals surface area contributed by atoms with Crippen molar-refractivity contribution in [3.05, 3.63) is 89.5 Å². The van der Waals surface area contributed by atoms with Gasteiger partial charge in [-0.2, -0.15) is 5.26 Å². The maximum Gasteiger partial charge on any atom is 0.142 e. The van der Waals surface area contributed by atoms with Crippen LogP contribution < -0.4 is 0 Å². The molecule has 1 heterocycles. The van der Waals surface area contributed by atoms with Crippen molar-refractivity contribution in [3.8, 4) is 6.07 Å². The van der Waals surface area contributed by atoms with E-state index in [1.807, 2.05) is 53.2 Å². The minimum absolute atomic E-state index is 0.602. The molecular weight excluding hydrogens is 274 g/mol. The molecule has 0 unspecified atom stereocenters.